The van der Waals surface area contributed by atoms with Gasteiger partial charge in [0.15, 0.2) is 0 Å². The molecule has 0 aliphatic carbocycles. The van der Waals surface area contributed by atoms with Gasteiger partial charge in [0.1, 0.15) is 0 Å². The number of hydrogen-bond donors (Lipinski definition) is 0. The summed E-state index contributed by atoms with van der Waals surface area (Å²) in [6, 6.07) is 0. The lowest BCUT2D eigenvalue weighted by Crippen LogP contribution is -2.45. The molecular formula is C11H21IO. The lowest BCUT2D eigenvalue weighted by Gasteiger charge is -2.43. The molecule has 0 saturated carbocycles. The first-order valence-corrected chi connectivity index (χ1v) is 6.85. The first-order valence-electron chi connectivity index (χ1n) is 5.33. The summed E-state index contributed by atoms with van der Waals surface area (Å²) in [6.07, 6.45) is 2.13. The predicted octanol–water partition coefficient (Wildman–Crippen LogP) is 3.51. The molecule has 0 amide bonds. The number of rotatable bonds is 2. The van der Waals surface area contributed by atoms with Gasteiger partial charge < -0.3 is 4.74 Å². The first-order chi connectivity index (χ1) is 6.11. The van der Waals surface area contributed by atoms with Crippen LogP contribution in [0.2, 0.25) is 0 Å². The Morgan fingerprint density at radius 1 is 1.00 bits per heavy atom. The maximum absolute atomic E-state index is 6.07. The van der Waals surface area contributed by atoms with Crippen molar-refractivity contribution in [3.8, 4) is 0 Å². The van der Waals surface area contributed by atoms with Gasteiger partial charge in [-0.2, -0.15) is 0 Å². The molecule has 1 fully saturated rings. The molecule has 0 aromatic rings. The highest BCUT2D eigenvalue weighted by atomic mass is 127. The largest absolute Gasteiger partial charge is 0.374 e. The zero-order valence-corrected chi connectivity index (χ0v) is 11.2. The van der Waals surface area contributed by atoms with Gasteiger partial charge in [0.25, 0.3) is 0 Å². The molecule has 78 valence electrons. The third-order valence-electron chi connectivity index (χ3n) is 3.74. The third kappa shape index (κ3) is 2.38. The predicted molar refractivity (Wildman–Crippen MR) is 65.3 cm³/mol. The maximum Gasteiger partial charge on any atom is 0.0696 e. The molecule has 5 atom stereocenters. The van der Waals surface area contributed by atoms with Crippen LogP contribution in [-0.2, 0) is 4.74 Å². The van der Waals surface area contributed by atoms with E-state index >= 15 is 0 Å². The molecule has 0 aromatic carbocycles. The summed E-state index contributed by atoms with van der Waals surface area (Å²) in [4.78, 5) is 0. The van der Waals surface area contributed by atoms with Crippen LogP contribution >= 0.6 is 22.6 Å². The highest BCUT2D eigenvalue weighted by Gasteiger charge is 2.37. The van der Waals surface area contributed by atoms with Crippen molar-refractivity contribution in [2.45, 2.75) is 46.3 Å². The van der Waals surface area contributed by atoms with Crippen LogP contribution in [0.25, 0.3) is 0 Å². The smallest absolute Gasteiger partial charge is 0.0696 e. The third-order valence-corrected chi connectivity index (χ3v) is 4.60. The SMILES string of the molecule is CCC1O[C@H](CI)C(C)C(C)[C@H]1C. The van der Waals surface area contributed by atoms with Crippen LogP contribution in [0.4, 0.5) is 0 Å². The summed E-state index contributed by atoms with van der Waals surface area (Å²) < 4.78 is 7.20. The Balaban J connectivity index is 2.66. The molecule has 1 heterocycles. The zero-order chi connectivity index (χ0) is 10.0. The highest BCUT2D eigenvalue weighted by Crippen LogP contribution is 2.36. The van der Waals surface area contributed by atoms with E-state index in [0.717, 1.165) is 28.6 Å². The lowest BCUT2D eigenvalue weighted by molar-refractivity contribution is -0.122. The number of ether oxygens (including phenoxy) is 1. The van der Waals surface area contributed by atoms with E-state index in [1.54, 1.807) is 0 Å². The minimum absolute atomic E-state index is 0.483. The second-order valence-corrected chi connectivity index (χ2v) is 5.23. The normalized spacial score (nSPS) is 46.4. The molecule has 1 aliphatic heterocycles. The van der Waals surface area contributed by atoms with E-state index in [1.165, 1.54) is 0 Å². The Bertz CT molecular complexity index is 140. The van der Waals surface area contributed by atoms with Gasteiger partial charge in [-0.3, -0.25) is 0 Å². The van der Waals surface area contributed by atoms with E-state index < -0.39 is 0 Å². The second kappa shape index (κ2) is 4.96. The molecule has 1 nitrogen and oxygen atoms in total. The van der Waals surface area contributed by atoms with Crippen LogP contribution in [0.1, 0.15) is 34.1 Å². The Labute approximate surface area is 95.8 Å². The van der Waals surface area contributed by atoms with Gasteiger partial charge >= 0.3 is 0 Å². The van der Waals surface area contributed by atoms with Gasteiger partial charge in [-0.05, 0) is 24.2 Å². The standard InChI is InChI=1S/C11H21IO/c1-5-10-8(3)7(2)9(4)11(6-12)13-10/h7-11H,5-6H2,1-4H3/t7?,8-,9?,10?,11-/m1/s1. The molecule has 1 saturated heterocycles. The van der Waals surface area contributed by atoms with Crippen molar-refractivity contribution in [2.75, 3.05) is 4.43 Å². The number of halogens is 1. The second-order valence-electron chi connectivity index (χ2n) is 4.35. The molecule has 0 N–H and O–H groups in total. The molecule has 13 heavy (non-hydrogen) atoms. The van der Waals surface area contributed by atoms with Gasteiger partial charge in [-0.1, -0.05) is 50.3 Å². The van der Waals surface area contributed by atoms with Crippen LogP contribution in [0, 0.1) is 17.8 Å². The van der Waals surface area contributed by atoms with Crippen LogP contribution < -0.4 is 0 Å². The fourth-order valence-electron chi connectivity index (χ4n) is 2.27. The van der Waals surface area contributed by atoms with E-state index in [4.69, 9.17) is 4.74 Å². The van der Waals surface area contributed by atoms with E-state index in [0.29, 0.717) is 12.2 Å². The topological polar surface area (TPSA) is 9.23 Å². The lowest BCUT2D eigenvalue weighted by atomic mass is 9.76. The van der Waals surface area contributed by atoms with E-state index in [1.807, 2.05) is 0 Å². The number of alkyl halides is 1. The van der Waals surface area contributed by atoms with Crippen LogP contribution in [0.5, 0.6) is 0 Å². The minimum Gasteiger partial charge on any atom is -0.374 e. The molecule has 0 aromatic heterocycles. The van der Waals surface area contributed by atoms with Crippen molar-refractivity contribution in [1.29, 1.82) is 0 Å². The summed E-state index contributed by atoms with van der Waals surface area (Å²) in [5, 5.41) is 0. The van der Waals surface area contributed by atoms with Crippen molar-refractivity contribution >= 4 is 22.6 Å². The van der Waals surface area contributed by atoms with Gasteiger partial charge in [0.2, 0.25) is 0 Å². The quantitative estimate of drug-likeness (QED) is 0.560. The molecule has 2 heteroatoms. The van der Waals surface area contributed by atoms with Crippen molar-refractivity contribution in [1.82, 2.24) is 0 Å². The molecule has 3 unspecified atom stereocenters. The van der Waals surface area contributed by atoms with Crippen molar-refractivity contribution in [2.24, 2.45) is 17.8 Å². The van der Waals surface area contributed by atoms with E-state index in [2.05, 4.69) is 50.3 Å². The Hall–Kier alpha value is 0.690. The monoisotopic (exact) mass is 296 g/mol. The highest BCUT2D eigenvalue weighted by molar-refractivity contribution is 14.1. The van der Waals surface area contributed by atoms with Crippen LogP contribution in [-0.4, -0.2) is 16.6 Å². The Morgan fingerprint density at radius 3 is 2.00 bits per heavy atom. The van der Waals surface area contributed by atoms with Crippen LogP contribution in [0.3, 0.4) is 0 Å². The molecule has 1 rings (SSSR count). The zero-order valence-electron chi connectivity index (χ0n) is 9.09. The van der Waals surface area contributed by atoms with Gasteiger partial charge in [0, 0.05) is 4.43 Å². The summed E-state index contributed by atoms with van der Waals surface area (Å²) in [5.74, 6) is 2.24. The molecular weight excluding hydrogens is 275 g/mol. The Kier molecular flexibility index (Phi) is 4.49. The van der Waals surface area contributed by atoms with Crippen molar-refractivity contribution in [3.05, 3.63) is 0 Å². The van der Waals surface area contributed by atoms with Gasteiger partial charge in [0.05, 0.1) is 12.2 Å². The fourth-order valence-corrected chi connectivity index (χ4v) is 3.28. The van der Waals surface area contributed by atoms with Gasteiger partial charge in [-0.25, -0.2) is 0 Å². The van der Waals surface area contributed by atoms with Crippen LogP contribution in [0.15, 0.2) is 0 Å². The van der Waals surface area contributed by atoms with Gasteiger partial charge in [-0.15, -0.1) is 0 Å². The summed E-state index contributed by atoms with van der Waals surface area (Å²) in [5.41, 5.74) is 0. The first kappa shape index (κ1) is 11.8. The maximum atomic E-state index is 6.07. The van der Waals surface area contributed by atoms with E-state index in [-0.39, 0.29) is 0 Å². The molecule has 1 aliphatic rings. The fraction of sp³-hybridized carbons (Fsp3) is 1.00. The Morgan fingerprint density at radius 2 is 1.54 bits per heavy atom. The summed E-state index contributed by atoms with van der Waals surface area (Å²) in [7, 11) is 0. The molecule has 0 bridgehead atoms. The molecule has 0 radical (unpaired) electrons. The molecule has 0 spiro atoms. The number of hydrogen-bond acceptors (Lipinski definition) is 1. The summed E-state index contributed by atoms with van der Waals surface area (Å²) in [6.45, 7) is 9.27. The average molecular weight is 296 g/mol. The minimum atomic E-state index is 0.483. The van der Waals surface area contributed by atoms with Crippen molar-refractivity contribution < 1.29 is 4.74 Å². The van der Waals surface area contributed by atoms with Crippen molar-refractivity contribution in [3.63, 3.8) is 0 Å². The van der Waals surface area contributed by atoms with E-state index in [9.17, 15) is 0 Å². The average Bonchev–Trinajstić information content (AvgIpc) is 2.15. The summed E-state index contributed by atoms with van der Waals surface area (Å²) >= 11 is 2.44.